The number of benzene rings is 1. The molecule has 0 bridgehead atoms. The van der Waals surface area contributed by atoms with Gasteiger partial charge in [0.05, 0.1) is 10.7 Å². The van der Waals surface area contributed by atoms with E-state index in [1.165, 1.54) is 6.07 Å². The monoisotopic (exact) mass is 412 g/mol. The zero-order chi connectivity index (χ0) is 18.6. The smallest absolute Gasteiger partial charge is 0.413 e. The molecule has 25 heavy (non-hydrogen) atoms. The average molecular weight is 413 g/mol. The fourth-order valence-electron chi connectivity index (χ4n) is 2.16. The van der Waals surface area contributed by atoms with Gasteiger partial charge in [0.15, 0.2) is 0 Å². The van der Waals surface area contributed by atoms with E-state index in [4.69, 9.17) is 4.74 Å². The van der Waals surface area contributed by atoms with Crippen molar-refractivity contribution in [1.82, 2.24) is 15.1 Å². The maximum Gasteiger partial charge on any atom is 0.413 e. The molecule has 2 N–H and O–H groups in total. The van der Waals surface area contributed by atoms with Crippen LogP contribution in [0.25, 0.3) is 0 Å². The molecule has 0 radical (unpaired) electrons. The van der Waals surface area contributed by atoms with Crippen molar-refractivity contribution in [3.63, 3.8) is 0 Å². The Hall–Kier alpha value is -1.93. The number of anilines is 1. The third kappa shape index (κ3) is 5.82. The Morgan fingerprint density at radius 3 is 2.72 bits per heavy atom. The molecule has 0 fully saturated rings. The second-order valence-corrected chi connectivity index (χ2v) is 7.48. The van der Waals surface area contributed by atoms with Crippen molar-refractivity contribution >= 4 is 27.8 Å². The van der Waals surface area contributed by atoms with E-state index in [2.05, 4.69) is 31.7 Å². The van der Waals surface area contributed by atoms with Gasteiger partial charge in [-0.1, -0.05) is 6.07 Å². The molecule has 1 aromatic heterocycles. The standard InChI is InChI=1S/C17H22BrFN4O2/c1-17(2,3)25-16(24)22-15-12(10-21-23(15)4)9-20-8-11-5-6-14(19)13(18)7-11/h5-7,10,20H,8-9H2,1-4H3,(H,22,24). The molecule has 0 atom stereocenters. The second kappa shape index (κ2) is 7.97. The molecule has 0 aliphatic rings. The SMILES string of the molecule is Cn1ncc(CNCc2ccc(F)c(Br)c2)c1NC(=O)OC(C)(C)C. The van der Waals surface area contributed by atoms with Crippen molar-refractivity contribution in [3.05, 3.63) is 45.8 Å². The van der Waals surface area contributed by atoms with Gasteiger partial charge in [-0.05, 0) is 54.4 Å². The van der Waals surface area contributed by atoms with Gasteiger partial charge in [-0.15, -0.1) is 0 Å². The van der Waals surface area contributed by atoms with Crippen LogP contribution in [-0.2, 0) is 24.9 Å². The van der Waals surface area contributed by atoms with Gasteiger partial charge in [-0.25, -0.2) is 9.18 Å². The first kappa shape index (κ1) is 19.4. The van der Waals surface area contributed by atoms with Gasteiger partial charge in [0, 0.05) is 25.7 Å². The molecular formula is C17H22BrFN4O2. The molecule has 1 aromatic carbocycles. The number of nitrogens with zero attached hydrogens (tertiary/aromatic N) is 2. The zero-order valence-corrected chi connectivity index (χ0v) is 16.3. The molecule has 1 amide bonds. The maximum atomic E-state index is 13.3. The van der Waals surface area contributed by atoms with Gasteiger partial charge in [0.2, 0.25) is 0 Å². The van der Waals surface area contributed by atoms with E-state index in [1.807, 2.05) is 0 Å². The van der Waals surface area contributed by atoms with Crippen LogP contribution in [0.4, 0.5) is 15.0 Å². The van der Waals surface area contributed by atoms with Gasteiger partial charge in [0.1, 0.15) is 17.2 Å². The maximum absolute atomic E-state index is 13.3. The summed E-state index contributed by atoms with van der Waals surface area (Å²) in [5, 5.41) is 10.1. The molecule has 136 valence electrons. The number of halogens is 2. The first-order valence-electron chi connectivity index (χ1n) is 7.81. The second-order valence-electron chi connectivity index (χ2n) is 6.62. The highest BCUT2D eigenvalue weighted by Gasteiger charge is 2.19. The molecular weight excluding hydrogens is 391 g/mol. The fourth-order valence-corrected chi connectivity index (χ4v) is 2.59. The van der Waals surface area contributed by atoms with Crippen molar-refractivity contribution < 1.29 is 13.9 Å². The van der Waals surface area contributed by atoms with Crippen LogP contribution in [0.3, 0.4) is 0 Å². The van der Waals surface area contributed by atoms with E-state index < -0.39 is 11.7 Å². The van der Waals surface area contributed by atoms with Gasteiger partial charge in [-0.3, -0.25) is 10.00 Å². The lowest BCUT2D eigenvalue weighted by Crippen LogP contribution is -2.28. The summed E-state index contributed by atoms with van der Waals surface area (Å²) in [7, 11) is 1.74. The third-order valence-electron chi connectivity index (χ3n) is 3.26. The first-order chi connectivity index (χ1) is 11.7. The number of ether oxygens (including phenoxy) is 1. The minimum absolute atomic E-state index is 0.292. The van der Waals surface area contributed by atoms with Crippen LogP contribution in [-0.4, -0.2) is 21.5 Å². The number of aryl methyl sites for hydroxylation is 1. The summed E-state index contributed by atoms with van der Waals surface area (Å²) >= 11 is 3.17. The number of carbonyl (C=O) groups is 1. The van der Waals surface area contributed by atoms with Gasteiger partial charge in [0.25, 0.3) is 0 Å². The highest BCUT2D eigenvalue weighted by Crippen LogP contribution is 2.18. The molecule has 0 aliphatic carbocycles. The van der Waals surface area contributed by atoms with Crippen LogP contribution in [0.5, 0.6) is 0 Å². The molecule has 8 heteroatoms. The van der Waals surface area contributed by atoms with Crippen molar-refractivity contribution in [2.45, 2.75) is 39.5 Å². The van der Waals surface area contributed by atoms with Crippen LogP contribution in [0.2, 0.25) is 0 Å². The van der Waals surface area contributed by atoms with Gasteiger partial charge in [-0.2, -0.15) is 5.10 Å². The van der Waals surface area contributed by atoms with Gasteiger partial charge >= 0.3 is 6.09 Å². The number of amides is 1. The number of hydrogen-bond donors (Lipinski definition) is 2. The Morgan fingerprint density at radius 1 is 1.36 bits per heavy atom. The summed E-state index contributed by atoms with van der Waals surface area (Å²) in [6.45, 7) is 6.46. The normalized spacial score (nSPS) is 11.4. The number of nitrogens with one attached hydrogen (secondary N) is 2. The molecule has 0 spiro atoms. The van der Waals surface area contributed by atoms with Crippen LogP contribution in [0, 0.1) is 5.82 Å². The van der Waals surface area contributed by atoms with E-state index in [-0.39, 0.29) is 5.82 Å². The highest BCUT2D eigenvalue weighted by molar-refractivity contribution is 9.10. The summed E-state index contributed by atoms with van der Waals surface area (Å²) in [4.78, 5) is 12.0. The average Bonchev–Trinajstić information content (AvgIpc) is 2.82. The molecule has 0 unspecified atom stereocenters. The number of hydrogen-bond acceptors (Lipinski definition) is 4. The van der Waals surface area contributed by atoms with E-state index in [0.717, 1.165) is 11.1 Å². The Kier molecular flexibility index (Phi) is 6.18. The fraction of sp³-hybridized carbons (Fsp3) is 0.412. The highest BCUT2D eigenvalue weighted by atomic mass is 79.9. The summed E-state index contributed by atoms with van der Waals surface area (Å²) in [6.07, 6.45) is 1.15. The van der Waals surface area contributed by atoms with Crippen LogP contribution in [0.15, 0.2) is 28.9 Å². The third-order valence-corrected chi connectivity index (χ3v) is 3.87. The van der Waals surface area contributed by atoms with E-state index >= 15 is 0 Å². The Morgan fingerprint density at radius 2 is 2.08 bits per heavy atom. The molecule has 1 heterocycles. The predicted molar refractivity (Wildman–Crippen MR) is 97.7 cm³/mol. The topological polar surface area (TPSA) is 68.2 Å². The quantitative estimate of drug-likeness (QED) is 0.779. The van der Waals surface area contributed by atoms with Crippen LogP contribution >= 0.6 is 15.9 Å². The Labute approximate surface area is 154 Å². The zero-order valence-electron chi connectivity index (χ0n) is 14.7. The van der Waals surface area contributed by atoms with Crippen molar-refractivity contribution in [3.8, 4) is 0 Å². The Bertz CT molecular complexity index is 756. The predicted octanol–water partition coefficient (Wildman–Crippen LogP) is 3.96. The lowest BCUT2D eigenvalue weighted by atomic mass is 10.2. The minimum Gasteiger partial charge on any atom is -0.444 e. The first-order valence-corrected chi connectivity index (χ1v) is 8.60. The van der Waals surface area contributed by atoms with Crippen molar-refractivity contribution in [2.24, 2.45) is 7.05 Å². The van der Waals surface area contributed by atoms with Gasteiger partial charge < -0.3 is 10.1 Å². The summed E-state index contributed by atoms with van der Waals surface area (Å²) < 4.78 is 20.5. The molecule has 0 saturated heterocycles. The van der Waals surface area contributed by atoms with Crippen molar-refractivity contribution in [2.75, 3.05) is 5.32 Å². The summed E-state index contributed by atoms with van der Waals surface area (Å²) in [5.74, 6) is 0.280. The summed E-state index contributed by atoms with van der Waals surface area (Å²) in [5.41, 5.74) is 1.20. The molecule has 2 rings (SSSR count). The summed E-state index contributed by atoms with van der Waals surface area (Å²) in [6, 6.07) is 4.86. The lowest BCUT2D eigenvalue weighted by Gasteiger charge is -2.20. The number of aromatic nitrogens is 2. The van der Waals surface area contributed by atoms with Crippen LogP contribution in [0.1, 0.15) is 31.9 Å². The number of carbonyl (C=O) groups excluding carboxylic acids is 1. The van der Waals surface area contributed by atoms with Crippen LogP contribution < -0.4 is 10.6 Å². The Balaban J connectivity index is 1.96. The lowest BCUT2D eigenvalue weighted by molar-refractivity contribution is 0.0634. The van der Waals surface area contributed by atoms with E-state index in [1.54, 1.807) is 50.8 Å². The molecule has 0 saturated carbocycles. The number of rotatable bonds is 5. The largest absolute Gasteiger partial charge is 0.444 e. The minimum atomic E-state index is -0.572. The molecule has 6 nitrogen and oxygen atoms in total. The molecule has 0 aliphatic heterocycles. The van der Waals surface area contributed by atoms with E-state index in [0.29, 0.717) is 23.4 Å². The molecule has 2 aromatic rings. The van der Waals surface area contributed by atoms with Crippen molar-refractivity contribution in [1.29, 1.82) is 0 Å². The van der Waals surface area contributed by atoms with E-state index in [9.17, 15) is 9.18 Å².